The van der Waals surface area contributed by atoms with Gasteiger partial charge in [0.25, 0.3) is 5.89 Å². The first-order chi connectivity index (χ1) is 16.0. The van der Waals surface area contributed by atoms with Crippen molar-refractivity contribution in [3.05, 3.63) is 101 Å². The Labute approximate surface area is 189 Å². The highest BCUT2D eigenvalue weighted by Crippen LogP contribution is 2.38. The molecule has 33 heavy (non-hydrogen) atoms. The van der Waals surface area contributed by atoms with Crippen molar-refractivity contribution < 1.29 is 18.1 Å². The zero-order chi connectivity index (χ0) is 22.9. The number of benzene rings is 2. The number of furan rings is 1. The normalized spacial score (nSPS) is 16.3. The number of carbonyl (C=O) groups excluding carboxylic acids is 1. The molecular weight excluding hydrogens is 423 g/mol. The van der Waals surface area contributed by atoms with Crippen molar-refractivity contribution in [1.82, 2.24) is 20.4 Å². The van der Waals surface area contributed by atoms with Gasteiger partial charge in [0.05, 0.1) is 24.4 Å². The lowest BCUT2D eigenvalue weighted by atomic mass is 9.94. The molecule has 7 nitrogen and oxygen atoms in total. The summed E-state index contributed by atoms with van der Waals surface area (Å²) in [7, 11) is 0. The number of nitrogens with zero attached hydrogens (tertiary/aromatic N) is 3. The molecule has 1 unspecified atom stereocenters. The van der Waals surface area contributed by atoms with E-state index in [0.29, 0.717) is 28.4 Å². The van der Waals surface area contributed by atoms with Crippen LogP contribution in [0.15, 0.2) is 81.6 Å². The van der Waals surface area contributed by atoms with Gasteiger partial charge in [-0.15, -0.1) is 0 Å². The molecule has 5 rings (SSSR count). The Bertz CT molecular complexity index is 1310. The van der Waals surface area contributed by atoms with Crippen molar-refractivity contribution >= 4 is 11.6 Å². The Morgan fingerprint density at radius 2 is 1.82 bits per heavy atom. The highest BCUT2D eigenvalue weighted by Gasteiger charge is 2.36. The molecule has 8 heteroatoms. The van der Waals surface area contributed by atoms with E-state index in [2.05, 4.69) is 15.5 Å². The van der Waals surface area contributed by atoms with Gasteiger partial charge < -0.3 is 14.3 Å². The lowest BCUT2D eigenvalue weighted by molar-refractivity contribution is 0.199. The molecule has 1 N–H and O–H groups in total. The molecule has 0 spiro atoms. The summed E-state index contributed by atoms with van der Waals surface area (Å²) >= 11 is 0. The monoisotopic (exact) mass is 444 g/mol. The van der Waals surface area contributed by atoms with Gasteiger partial charge in [-0.1, -0.05) is 35.0 Å². The second-order valence-corrected chi connectivity index (χ2v) is 7.89. The predicted molar refractivity (Wildman–Crippen MR) is 119 cm³/mol. The molecule has 0 saturated heterocycles. The van der Waals surface area contributed by atoms with E-state index in [4.69, 9.17) is 8.94 Å². The van der Waals surface area contributed by atoms with Crippen molar-refractivity contribution in [2.75, 3.05) is 0 Å². The van der Waals surface area contributed by atoms with Gasteiger partial charge >= 0.3 is 6.03 Å². The first kappa shape index (κ1) is 20.7. The van der Waals surface area contributed by atoms with Crippen LogP contribution in [0, 0.1) is 12.7 Å². The highest BCUT2D eigenvalue weighted by molar-refractivity contribution is 5.86. The fraction of sp³-hybridized carbons (Fsp3) is 0.160. The highest BCUT2D eigenvalue weighted by atomic mass is 19.1. The molecule has 0 saturated carbocycles. The third-order valence-corrected chi connectivity index (χ3v) is 5.66. The van der Waals surface area contributed by atoms with E-state index in [-0.39, 0.29) is 24.3 Å². The van der Waals surface area contributed by atoms with E-state index in [9.17, 15) is 9.18 Å². The molecule has 166 valence electrons. The Hall–Kier alpha value is -4.20. The first-order valence-electron chi connectivity index (χ1n) is 10.5. The topological polar surface area (TPSA) is 84.4 Å². The number of urea groups is 1. The van der Waals surface area contributed by atoms with Crippen LogP contribution in [0.1, 0.15) is 35.7 Å². The fourth-order valence-corrected chi connectivity index (χ4v) is 3.87. The van der Waals surface area contributed by atoms with Gasteiger partial charge in [0.15, 0.2) is 0 Å². The molecule has 2 aromatic heterocycles. The maximum Gasteiger partial charge on any atom is 0.322 e. The van der Waals surface area contributed by atoms with E-state index >= 15 is 0 Å². The number of aryl methyl sites for hydroxylation is 1. The standard InChI is InChI=1S/C25H21FN4O3/c1-15-5-7-17(8-6-15)22-21(16(2)30(25(31)27-22)14-20-4-3-13-32-20)24-28-23(29-33-24)18-9-11-19(26)12-10-18/h3-13,22H,14H2,1-2H3,(H,27,31). The minimum Gasteiger partial charge on any atom is -0.467 e. The average molecular weight is 444 g/mol. The minimum atomic E-state index is -0.479. The Morgan fingerprint density at radius 3 is 2.52 bits per heavy atom. The van der Waals surface area contributed by atoms with Crippen LogP contribution >= 0.6 is 0 Å². The summed E-state index contributed by atoms with van der Waals surface area (Å²) < 4.78 is 24.4. The number of amides is 2. The third-order valence-electron chi connectivity index (χ3n) is 5.66. The van der Waals surface area contributed by atoms with Crippen LogP contribution < -0.4 is 5.32 Å². The second-order valence-electron chi connectivity index (χ2n) is 7.89. The van der Waals surface area contributed by atoms with Crippen LogP contribution in [0.5, 0.6) is 0 Å². The molecule has 4 aromatic rings. The van der Waals surface area contributed by atoms with E-state index in [1.165, 1.54) is 12.1 Å². The van der Waals surface area contributed by atoms with Crippen LogP contribution in [0.4, 0.5) is 9.18 Å². The molecule has 2 aromatic carbocycles. The van der Waals surface area contributed by atoms with Crippen LogP contribution in [-0.4, -0.2) is 21.1 Å². The number of carbonyl (C=O) groups is 1. The summed E-state index contributed by atoms with van der Waals surface area (Å²) in [5.41, 5.74) is 3.99. The molecular formula is C25H21FN4O3. The van der Waals surface area contributed by atoms with Crippen LogP contribution in [0.25, 0.3) is 17.0 Å². The number of hydrogen-bond donors (Lipinski definition) is 1. The van der Waals surface area contributed by atoms with Gasteiger partial charge in [0.2, 0.25) is 5.82 Å². The Balaban J connectivity index is 1.59. The summed E-state index contributed by atoms with van der Waals surface area (Å²) in [4.78, 5) is 19.2. The van der Waals surface area contributed by atoms with Crippen molar-refractivity contribution in [3.63, 3.8) is 0 Å². The zero-order valence-electron chi connectivity index (χ0n) is 18.1. The third kappa shape index (κ3) is 4.03. The van der Waals surface area contributed by atoms with Crippen LogP contribution in [-0.2, 0) is 6.54 Å². The molecule has 0 radical (unpaired) electrons. The summed E-state index contributed by atoms with van der Waals surface area (Å²) in [6, 6.07) is 16.6. The lowest BCUT2D eigenvalue weighted by Crippen LogP contribution is -2.45. The van der Waals surface area contributed by atoms with Gasteiger partial charge in [-0.05, 0) is 55.8 Å². The maximum absolute atomic E-state index is 13.3. The number of rotatable bonds is 5. The number of nitrogens with one attached hydrogen (secondary N) is 1. The Kier molecular flexibility index (Phi) is 5.26. The zero-order valence-corrected chi connectivity index (χ0v) is 18.1. The molecule has 1 aliphatic heterocycles. The summed E-state index contributed by atoms with van der Waals surface area (Å²) in [5, 5.41) is 7.16. The van der Waals surface area contributed by atoms with Crippen molar-refractivity contribution in [2.45, 2.75) is 26.4 Å². The van der Waals surface area contributed by atoms with Gasteiger partial charge in [0, 0.05) is 11.3 Å². The lowest BCUT2D eigenvalue weighted by Gasteiger charge is -2.34. The van der Waals surface area contributed by atoms with Crippen molar-refractivity contribution in [2.24, 2.45) is 0 Å². The molecule has 2 amide bonds. The summed E-state index contributed by atoms with van der Waals surface area (Å²) in [5.74, 6) is 0.920. The number of aromatic nitrogens is 2. The molecule has 3 heterocycles. The molecule has 0 fully saturated rings. The van der Waals surface area contributed by atoms with Gasteiger partial charge in [0.1, 0.15) is 11.6 Å². The van der Waals surface area contributed by atoms with Gasteiger partial charge in [-0.25, -0.2) is 9.18 Å². The predicted octanol–water partition coefficient (Wildman–Crippen LogP) is 5.47. The van der Waals surface area contributed by atoms with Gasteiger partial charge in [-0.2, -0.15) is 4.98 Å². The van der Waals surface area contributed by atoms with Crippen molar-refractivity contribution in [1.29, 1.82) is 0 Å². The van der Waals surface area contributed by atoms with E-state index < -0.39 is 6.04 Å². The first-order valence-corrected chi connectivity index (χ1v) is 10.5. The molecule has 0 bridgehead atoms. The smallest absolute Gasteiger partial charge is 0.322 e. The minimum absolute atomic E-state index is 0.253. The van der Waals surface area contributed by atoms with Gasteiger partial charge in [-0.3, -0.25) is 4.90 Å². The maximum atomic E-state index is 13.3. The quantitative estimate of drug-likeness (QED) is 0.441. The Morgan fingerprint density at radius 1 is 1.06 bits per heavy atom. The van der Waals surface area contributed by atoms with Crippen LogP contribution in [0.3, 0.4) is 0 Å². The van der Waals surface area contributed by atoms with E-state index in [1.54, 1.807) is 29.4 Å². The second kappa shape index (κ2) is 8.38. The molecule has 1 atom stereocenters. The van der Waals surface area contributed by atoms with E-state index in [0.717, 1.165) is 11.1 Å². The van der Waals surface area contributed by atoms with Crippen LogP contribution in [0.2, 0.25) is 0 Å². The summed E-state index contributed by atoms with van der Waals surface area (Å²) in [6.07, 6.45) is 1.57. The summed E-state index contributed by atoms with van der Waals surface area (Å²) in [6.45, 7) is 4.11. The largest absolute Gasteiger partial charge is 0.467 e. The average Bonchev–Trinajstić information content (AvgIpc) is 3.50. The van der Waals surface area contributed by atoms with Crippen molar-refractivity contribution in [3.8, 4) is 11.4 Å². The molecule has 1 aliphatic rings. The fourth-order valence-electron chi connectivity index (χ4n) is 3.87. The van der Waals surface area contributed by atoms with E-state index in [1.807, 2.05) is 44.2 Å². The number of allylic oxidation sites excluding steroid dienone is 1. The number of hydrogen-bond acceptors (Lipinski definition) is 5. The SMILES string of the molecule is CC1=C(c2nc(-c3ccc(F)cc3)no2)C(c2ccc(C)cc2)NC(=O)N1Cc1ccco1. The number of halogens is 1. The molecule has 0 aliphatic carbocycles.